The lowest BCUT2D eigenvalue weighted by Gasteiger charge is -2.34. The first-order valence-corrected chi connectivity index (χ1v) is 17.1. The van der Waals surface area contributed by atoms with Crippen molar-refractivity contribution in [1.29, 1.82) is 0 Å². The zero-order valence-corrected chi connectivity index (χ0v) is 28.5. The highest BCUT2D eigenvalue weighted by molar-refractivity contribution is 5.98. The number of rotatable bonds is 13. The molecule has 0 atom stereocenters. The molecule has 6 rings (SSSR count). The van der Waals surface area contributed by atoms with Crippen LogP contribution in [0.1, 0.15) is 39.5 Å². The number of piperazine rings is 1. The fraction of sp³-hybridized carbons (Fsp3) is 0.444. The van der Waals surface area contributed by atoms with Gasteiger partial charge in [-0.1, -0.05) is 31.2 Å². The van der Waals surface area contributed by atoms with E-state index in [1.54, 1.807) is 35.2 Å². The number of alkyl halides is 3. The zero-order valence-electron chi connectivity index (χ0n) is 28.5. The Hall–Kier alpha value is -4.37. The van der Waals surface area contributed by atoms with Crippen molar-refractivity contribution < 1.29 is 22.7 Å². The molecular weight excluding hydrogens is 647 g/mol. The van der Waals surface area contributed by atoms with E-state index in [-0.39, 0.29) is 24.3 Å². The van der Waals surface area contributed by atoms with Gasteiger partial charge in [-0.2, -0.15) is 13.2 Å². The number of morpholine rings is 1. The van der Waals surface area contributed by atoms with E-state index >= 15 is 0 Å². The lowest BCUT2D eigenvalue weighted by molar-refractivity contribution is -0.138. The smallest absolute Gasteiger partial charge is 0.379 e. The van der Waals surface area contributed by atoms with Crippen molar-refractivity contribution in [3.8, 4) is 5.82 Å². The molecule has 0 spiro atoms. The molecule has 4 aromatic rings. The second kappa shape index (κ2) is 16.1. The average molecular weight is 692 g/mol. The Bertz CT molecular complexity index is 1750. The fourth-order valence-electron chi connectivity index (χ4n) is 6.30. The van der Waals surface area contributed by atoms with Crippen LogP contribution < -0.4 is 10.6 Å². The van der Waals surface area contributed by atoms with E-state index in [4.69, 9.17) is 4.74 Å². The normalized spacial score (nSPS) is 16.4. The number of ketones is 1. The number of carbonyl (C=O) groups is 1. The molecule has 2 aliphatic heterocycles. The van der Waals surface area contributed by atoms with Crippen LogP contribution in [0.5, 0.6) is 0 Å². The summed E-state index contributed by atoms with van der Waals surface area (Å²) in [6, 6.07) is 11.4. The van der Waals surface area contributed by atoms with Gasteiger partial charge in [-0.25, -0.2) is 15.0 Å². The van der Waals surface area contributed by atoms with Crippen molar-refractivity contribution in [3.05, 3.63) is 89.0 Å². The van der Waals surface area contributed by atoms with Crippen molar-refractivity contribution in [3.63, 3.8) is 0 Å². The Balaban J connectivity index is 1.12. The van der Waals surface area contributed by atoms with Gasteiger partial charge < -0.3 is 20.3 Å². The van der Waals surface area contributed by atoms with Crippen LogP contribution >= 0.6 is 0 Å². The highest BCUT2D eigenvalue weighted by atomic mass is 19.4. The Kier molecular flexibility index (Phi) is 11.4. The van der Waals surface area contributed by atoms with E-state index < -0.39 is 11.7 Å². The molecule has 0 unspecified atom stereocenters. The lowest BCUT2D eigenvalue weighted by atomic mass is 9.97. The maximum Gasteiger partial charge on any atom is 0.416 e. The van der Waals surface area contributed by atoms with Crippen molar-refractivity contribution in [2.45, 2.75) is 33.0 Å². The number of nitrogens with one attached hydrogen (secondary N) is 2. The molecule has 4 heterocycles. The van der Waals surface area contributed by atoms with Gasteiger partial charge in [-0.15, -0.1) is 0 Å². The minimum absolute atomic E-state index is 0.155. The number of likely N-dealkylation sites (N-methyl/N-ethyl adjacent to an activating group) is 1. The molecule has 2 saturated heterocycles. The van der Waals surface area contributed by atoms with E-state index in [2.05, 4.69) is 47.2 Å². The molecule has 0 aliphatic carbocycles. The maximum absolute atomic E-state index is 14.2. The molecule has 0 radical (unpaired) electrons. The Morgan fingerprint density at radius 3 is 2.46 bits per heavy atom. The number of ether oxygens (including phenoxy) is 1. The van der Waals surface area contributed by atoms with Crippen LogP contribution in [-0.4, -0.2) is 112 Å². The molecule has 2 aliphatic rings. The van der Waals surface area contributed by atoms with Gasteiger partial charge in [-0.3, -0.25) is 19.2 Å². The van der Waals surface area contributed by atoms with Gasteiger partial charge in [0.1, 0.15) is 18.0 Å². The molecular formula is C36H44F3N9O2. The van der Waals surface area contributed by atoms with Crippen LogP contribution in [0.3, 0.4) is 0 Å². The number of carbonyl (C=O) groups excluding carboxylic acids is 1. The number of aryl methyl sites for hydroxylation is 1. The summed E-state index contributed by atoms with van der Waals surface area (Å²) >= 11 is 0. The number of hydrogen-bond donors (Lipinski definition) is 2. The highest BCUT2D eigenvalue weighted by Crippen LogP contribution is 2.34. The van der Waals surface area contributed by atoms with E-state index in [9.17, 15) is 18.0 Å². The minimum Gasteiger partial charge on any atom is -0.379 e. The molecule has 2 N–H and O–H groups in total. The summed E-state index contributed by atoms with van der Waals surface area (Å²) in [5.41, 5.74) is 1.78. The molecule has 50 heavy (non-hydrogen) atoms. The van der Waals surface area contributed by atoms with Crippen molar-refractivity contribution >= 4 is 23.2 Å². The van der Waals surface area contributed by atoms with Crippen molar-refractivity contribution in [2.24, 2.45) is 0 Å². The Labute approximate surface area is 290 Å². The van der Waals surface area contributed by atoms with Gasteiger partial charge in [0.25, 0.3) is 0 Å². The second-order valence-electron chi connectivity index (χ2n) is 12.7. The molecule has 2 aromatic carbocycles. The van der Waals surface area contributed by atoms with Crippen LogP contribution in [0.4, 0.5) is 30.6 Å². The van der Waals surface area contributed by atoms with E-state index in [0.717, 1.165) is 83.7 Å². The summed E-state index contributed by atoms with van der Waals surface area (Å²) < 4.78 is 49.8. The van der Waals surface area contributed by atoms with Crippen molar-refractivity contribution in [1.82, 2.24) is 34.2 Å². The summed E-state index contributed by atoms with van der Waals surface area (Å²) in [5.74, 6) is 1.49. The third-order valence-corrected chi connectivity index (χ3v) is 9.33. The van der Waals surface area contributed by atoms with E-state index in [0.29, 0.717) is 34.4 Å². The van der Waals surface area contributed by atoms with Crippen LogP contribution in [0.25, 0.3) is 5.82 Å². The number of imidazole rings is 1. The van der Waals surface area contributed by atoms with Crippen LogP contribution in [0.2, 0.25) is 0 Å². The van der Waals surface area contributed by atoms with E-state index in [1.165, 1.54) is 12.4 Å². The number of nitrogens with zero attached hydrogens (tertiary/aromatic N) is 7. The Morgan fingerprint density at radius 2 is 1.70 bits per heavy atom. The number of Topliss-reactive ketones (excluding diaryl/α,β-unsaturated/α-hetero) is 1. The summed E-state index contributed by atoms with van der Waals surface area (Å²) in [5, 5.41) is 6.67. The summed E-state index contributed by atoms with van der Waals surface area (Å²) in [6.07, 6.45) is 0.238. The summed E-state index contributed by atoms with van der Waals surface area (Å²) in [7, 11) is 0. The molecule has 11 nitrogen and oxygen atoms in total. The topological polar surface area (TPSA) is 104 Å². The van der Waals surface area contributed by atoms with Gasteiger partial charge in [0.15, 0.2) is 5.78 Å². The summed E-state index contributed by atoms with van der Waals surface area (Å²) in [6.45, 7) is 13.2. The number of halogens is 3. The van der Waals surface area contributed by atoms with Gasteiger partial charge in [-0.05, 0) is 42.3 Å². The standard InChI is InChI=1S/C36H44F3N9O2/c1-3-45-12-14-47(15-13-45)24-29-7-5-27(20-30(29)36(37,38)39)21-32(49)28-6-4-26(2)31(22-28)44-35-41-9-11-48(35)34-23-33(42-25-43-34)40-8-10-46-16-18-50-19-17-46/h4-7,9,11,20,22-23,25H,3,8,10,12-19,21,24H2,1-2H3,(H,41,44)(H,40,42,43). The fourth-order valence-corrected chi connectivity index (χ4v) is 6.30. The van der Waals surface area contributed by atoms with Crippen LogP contribution in [0, 0.1) is 6.92 Å². The minimum atomic E-state index is -4.52. The number of anilines is 3. The largest absolute Gasteiger partial charge is 0.416 e. The van der Waals surface area contributed by atoms with Gasteiger partial charge >= 0.3 is 6.18 Å². The summed E-state index contributed by atoms with van der Waals surface area (Å²) in [4.78, 5) is 33.4. The molecule has 14 heteroatoms. The molecule has 0 amide bonds. The maximum atomic E-state index is 14.2. The molecule has 2 fully saturated rings. The predicted octanol–water partition coefficient (Wildman–Crippen LogP) is 5.04. The predicted molar refractivity (Wildman–Crippen MR) is 186 cm³/mol. The van der Waals surface area contributed by atoms with Gasteiger partial charge in [0.2, 0.25) is 5.95 Å². The number of hydrogen-bond acceptors (Lipinski definition) is 10. The second-order valence-corrected chi connectivity index (χ2v) is 12.7. The van der Waals surface area contributed by atoms with Crippen molar-refractivity contribution in [2.75, 3.05) is 82.8 Å². The monoisotopic (exact) mass is 691 g/mol. The number of benzene rings is 2. The first-order chi connectivity index (χ1) is 24.2. The first-order valence-electron chi connectivity index (χ1n) is 17.1. The first kappa shape index (κ1) is 35.5. The average Bonchev–Trinajstić information content (AvgIpc) is 3.58. The van der Waals surface area contributed by atoms with Gasteiger partial charge in [0, 0.05) is 95.0 Å². The van der Waals surface area contributed by atoms with Crippen LogP contribution in [0.15, 0.2) is 61.2 Å². The molecule has 266 valence electrons. The molecule has 2 aromatic heterocycles. The third-order valence-electron chi connectivity index (χ3n) is 9.33. The third kappa shape index (κ3) is 9.04. The highest BCUT2D eigenvalue weighted by Gasteiger charge is 2.34. The quantitative estimate of drug-likeness (QED) is 0.186. The number of aromatic nitrogens is 4. The lowest BCUT2D eigenvalue weighted by Crippen LogP contribution is -2.45. The van der Waals surface area contributed by atoms with Crippen LogP contribution in [-0.2, 0) is 23.9 Å². The molecule has 0 bridgehead atoms. The SMILES string of the molecule is CCN1CCN(Cc2ccc(CC(=O)c3ccc(C)c(Nc4nccn4-c4cc(NCCN5CCOCC5)ncn4)c3)cc2C(F)(F)F)CC1. The van der Waals surface area contributed by atoms with Gasteiger partial charge in [0.05, 0.1) is 18.8 Å². The van der Waals surface area contributed by atoms with E-state index in [1.807, 2.05) is 19.1 Å². The zero-order chi connectivity index (χ0) is 35.1. The Morgan fingerprint density at radius 1 is 0.920 bits per heavy atom. The molecule has 0 saturated carbocycles.